The summed E-state index contributed by atoms with van der Waals surface area (Å²) in [6.07, 6.45) is -0.945. The van der Waals surface area contributed by atoms with Crippen LogP contribution in [0.15, 0.2) is 121 Å². The summed E-state index contributed by atoms with van der Waals surface area (Å²) in [7, 11) is 0. The second-order valence-corrected chi connectivity index (χ2v) is 13.4. The van der Waals surface area contributed by atoms with E-state index in [1.807, 2.05) is 111 Å². The first-order valence-corrected chi connectivity index (χ1v) is 17.9. The SMILES string of the molecule is C=C(C)C(=O)OCC(COc1ccc(C)cc1)OC(=O)Cc1ccc(Cc2ccc(CC(=O)OC(COC(=O)C(=C)C)COc3ccc(C)cc3)cc2)cc1. The Labute approximate surface area is 322 Å². The first-order valence-electron chi connectivity index (χ1n) is 17.9. The molecule has 0 spiro atoms. The Balaban J connectivity index is 1.27. The fraction of sp³-hybridized carbons (Fsp3) is 0.289. The van der Waals surface area contributed by atoms with Gasteiger partial charge in [-0.2, -0.15) is 0 Å². The fourth-order valence-corrected chi connectivity index (χ4v) is 5.04. The van der Waals surface area contributed by atoms with E-state index in [2.05, 4.69) is 13.2 Å². The molecule has 0 radical (unpaired) electrons. The number of ether oxygens (including phenoxy) is 6. The van der Waals surface area contributed by atoms with Crippen LogP contribution in [0.25, 0.3) is 0 Å². The average molecular weight is 749 g/mol. The number of benzene rings is 4. The summed E-state index contributed by atoms with van der Waals surface area (Å²) in [5.74, 6) is -0.902. The fourth-order valence-electron chi connectivity index (χ4n) is 5.04. The largest absolute Gasteiger partial charge is 0.490 e. The van der Waals surface area contributed by atoms with Gasteiger partial charge in [0.05, 0.1) is 12.8 Å². The van der Waals surface area contributed by atoms with Crippen molar-refractivity contribution in [2.75, 3.05) is 26.4 Å². The van der Waals surface area contributed by atoms with Crippen LogP contribution in [0, 0.1) is 13.8 Å². The van der Waals surface area contributed by atoms with Crippen LogP contribution in [0.2, 0.25) is 0 Å². The molecule has 0 fully saturated rings. The number of carbonyl (C=O) groups excluding carboxylic acids is 4. The number of rotatable bonds is 20. The van der Waals surface area contributed by atoms with E-state index in [1.165, 1.54) is 0 Å². The first-order chi connectivity index (χ1) is 26.3. The van der Waals surface area contributed by atoms with Gasteiger partial charge < -0.3 is 28.4 Å². The van der Waals surface area contributed by atoms with Crippen LogP contribution in [0.4, 0.5) is 0 Å². The maximum absolute atomic E-state index is 12.9. The van der Waals surface area contributed by atoms with Crippen molar-refractivity contribution in [1.29, 1.82) is 0 Å². The molecule has 0 aromatic heterocycles. The van der Waals surface area contributed by atoms with Gasteiger partial charge in [-0.3, -0.25) is 9.59 Å². The van der Waals surface area contributed by atoms with Crippen LogP contribution in [0.1, 0.15) is 47.2 Å². The highest BCUT2D eigenvalue weighted by atomic mass is 16.6. The van der Waals surface area contributed by atoms with Crippen molar-refractivity contribution in [1.82, 2.24) is 0 Å². The van der Waals surface area contributed by atoms with Gasteiger partial charge in [-0.1, -0.05) is 97.1 Å². The van der Waals surface area contributed by atoms with Crippen LogP contribution in [-0.2, 0) is 57.4 Å². The average Bonchev–Trinajstić information content (AvgIpc) is 3.16. The molecule has 0 N–H and O–H groups in total. The number of hydrogen-bond donors (Lipinski definition) is 0. The standard InChI is InChI=1S/C45H48O10/c1-30(2)44(48)52-28-40(26-50-38-19-7-32(5)8-20-38)54-42(46)24-36-15-11-34(12-16-36)23-35-13-17-37(18-14-35)25-43(47)55-41(29-53-45(49)31(3)4)27-51-39-21-9-33(6)10-22-39/h7-22,40-41H,1,3,23-29H2,2,4-6H3. The monoisotopic (exact) mass is 748 g/mol. The second-order valence-electron chi connectivity index (χ2n) is 13.4. The van der Waals surface area contributed by atoms with E-state index >= 15 is 0 Å². The Bertz CT molecular complexity index is 1770. The summed E-state index contributed by atoms with van der Waals surface area (Å²) < 4.78 is 33.4. The van der Waals surface area contributed by atoms with Crippen molar-refractivity contribution in [2.24, 2.45) is 0 Å². The smallest absolute Gasteiger partial charge is 0.333 e. The summed E-state index contributed by atoms with van der Waals surface area (Å²) in [6.45, 7) is 13.9. The molecule has 0 saturated carbocycles. The zero-order valence-electron chi connectivity index (χ0n) is 31.8. The van der Waals surface area contributed by atoms with E-state index in [0.717, 1.165) is 33.4 Å². The Morgan fingerprint density at radius 3 is 1.15 bits per heavy atom. The van der Waals surface area contributed by atoms with Gasteiger partial charge in [0.15, 0.2) is 12.2 Å². The lowest BCUT2D eigenvalue weighted by atomic mass is 10.0. The quantitative estimate of drug-likeness (QED) is 0.0521. The van der Waals surface area contributed by atoms with Gasteiger partial charge in [0.2, 0.25) is 0 Å². The van der Waals surface area contributed by atoms with Crippen molar-refractivity contribution in [3.05, 3.63) is 155 Å². The summed E-state index contributed by atoms with van der Waals surface area (Å²) >= 11 is 0. The van der Waals surface area contributed by atoms with E-state index < -0.39 is 36.1 Å². The molecule has 10 heteroatoms. The number of aryl methyl sites for hydroxylation is 2. The summed E-state index contributed by atoms with van der Waals surface area (Å²) in [5, 5.41) is 0. The molecular weight excluding hydrogens is 700 g/mol. The van der Waals surface area contributed by atoms with Crippen LogP contribution in [0.3, 0.4) is 0 Å². The molecular formula is C45H48O10. The molecule has 0 amide bonds. The molecule has 0 heterocycles. The Kier molecular flexibility index (Phi) is 15.8. The lowest BCUT2D eigenvalue weighted by molar-refractivity contribution is -0.158. The second kappa shape index (κ2) is 20.9. The zero-order valence-corrected chi connectivity index (χ0v) is 31.8. The van der Waals surface area contributed by atoms with Gasteiger partial charge in [-0.05, 0) is 80.6 Å². The van der Waals surface area contributed by atoms with Gasteiger partial charge in [0.1, 0.15) is 37.9 Å². The lowest BCUT2D eigenvalue weighted by Gasteiger charge is -2.19. The minimum Gasteiger partial charge on any atom is -0.490 e. The van der Waals surface area contributed by atoms with E-state index in [1.54, 1.807) is 13.8 Å². The lowest BCUT2D eigenvalue weighted by Crippen LogP contribution is -2.31. The van der Waals surface area contributed by atoms with Gasteiger partial charge >= 0.3 is 23.9 Å². The molecule has 55 heavy (non-hydrogen) atoms. The molecule has 4 rings (SSSR count). The van der Waals surface area contributed by atoms with Crippen molar-refractivity contribution in [3.63, 3.8) is 0 Å². The first kappa shape index (κ1) is 41.6. The van der Waals surface area contributed by atoms with E-state index in [-0.39, 0.29) is 50.4 Å². The summed E-state index contributed by atoms with van der Waals surface area (Å²) in [5.41, 5.74) is 6.23. The topological polar surface area (TPSA) is 124 Å². The third kappa shape index (κ3) is 15.0. The highest BCUT2D eigenvalue weighted by molar-refractivity contribution is 5.87. The minimum atomic E-state index is -0.813. The highest BCUT2D eigenvalue weighted by Gasteiger charge is 2.21. The Hall–Kier alpha value is -6.16. The third-order valence-electron chi connectivity index (χ3n) is 8.16. The van der Waals surface area contributed by atoms with Gasteiger partial charge in [0, 0.05) is 11.1 Å². The number of hydrogen-bond acceptors (Lipinski definition) is 10. The van der Waals surface area contributed by atoms with E-state index in [0.29, 0.717) is 17.9 Å². The van der Waals surface area contributed by atoms with E-state index in [9.17, 15) is 19.2 Å². The highest BCUT2D eigenvalue weighted by Crippen LogP contribution is 2.17. The van der Waals surface area contributed by atoms with E-state index in [4.69, 9.17) is 28.4 Å². The Morgan fingerprint density at radius 2 is 0.818 bits per heavy atom. The van der Waals surface area contributed by atoms with Crippen molar-refractivity contribution in [2.45, 2.75) is 59.2 Å². The van der Waals surface area contributed by atoms with Crippen molar-refractivity contribution in [3.8, 4) is 11.5 Å². The molecule has 2 atom stereocenters. The van der Waals surface area contributed by atoms with Gasteiger partial charge in [0.25, 0.3) is 0 Å². The third-order valence-corrected chi connectivity index (χ3v) is 8.16. The number of carbonyl (C=O) groups is 4. The summed E-state index contributed by atoms with van der Waals surface area (Å²) in [4.78, 5) is 49.7. The molecule has 0 aliphatic carbocycles. The van der Waals surface area contributed by atoms with Crippen molar-refractivity contribution < 1.29 is 47.6 Å². The van der Waals surface area contributed by atoms with Crippen LogP contribution in [-0.4, -0.2) is 62.5 Å². The minimum absolute atomic E-state index is 0.00810. The van der Waals surface area contributed by atoms with Gasteiger partial charge in [-0.25, -0.2) is 9.59 Å². The molecule has 0 aliphatic rings. The Morgan fingerprint density at radius 1 is 0.491 bits per heavy atom. The number of esters is 4. The predicted octanol–water partition coefficient (Wildman–Crippen LogP) is 7.20. The predicted molar refractivity (Wildman–Crippen MR) is 208 cm³/mol. The van der Waals surface area contributed by atoms with Crippen LogP contribution in [0.5, 0.6) is 11.5 Å². The molecule has 288 valence electrons. The molecule has 0 saturated heterocycles. The maximum atomic E-state index is 12.9. The molecule has 2 unspecified atom stereocenters. The zero-order chi connectivity index (χ0) is 39.7. The normalized spacial score (nSPS) is 11.7. The van der Waals surface area contributed by atoms with Crippen molar-refractivity contribution >= 4 is 23.9 Å². The van der Waals surface area contributed by atoms with Gasteiger partial charge in [-0.15, -0.1) is 0 Å². The molecule has 4 aromatic carbocycles. The maximum Gasteiger partial charge on any atom is 0.333 e. The molecule has 4 aromatic rings. The molecule has 0 bridgehead atoms. The molecule has 10 nitrogen and oxygen atoms in total. The molecule has 0 aliphatic heterocycles. The summed E-state index contributed by atoms with van der Waals surface area (Å²) in [6, 6.07) is 30.2. The van der Waals surface area contributed by atoms with Crippen LogP contribution < -0.4 is 9.47 Å². The van der Waals surface area contributed by atoms with Crippen LogP contribution >= 0.6 is 0 Å².